The van der Waals surface area contributed by atoms with Crippen molar-refractivity contribution in [1.82, 2.24) is 10.2 Å². The number of nitrogens with one attached hydrogen (secondary N) is 2. The molecule has 2 aromatic rings. The van der Waals surface area contributed by atoms with Gasteiger partial charge in [-0.3, -0.25) is 14.5 Å². The van der Waals surface area contributed by atoms with Gasteiger partial charge in [0.1, 0.15) is 0 Å². The second-order valence-electron chi connectivity index (χ2n) is 7.29. The van der Waals surface area contributed by atoms with E-state index in [1.54, 1.807) is 0 Å². The molecule has 2 N–H and O–H groups in total. The van der Waals surface area contributed by atoms with Crippen LogP contribution in [0.1, 0.15) is 24.0 Å². The Bertz CT molecular complexity index is 818. The minimum absolute atomic E-state index is 0.0225. The number of aryl methyl sites for hydroxylation is 1. The summed E-state index contributed by atoms with van der Waals surface area (Å²) < 4.78 is 0.884. The van der Waals surface area contributed by atoms with Crippen molar-refractivity contribution in [2.75, 3.05) is 25.0 Å². The molecule has 148 valence electrons. The lowest BCUT2D eigenvalue weighted by Crippen LogP contribution is -2.43. The molecule has 0 atom stereocenters. The first kappa shape index (κ1) is 20.6. The fourth-order valence-electron chi connectivity index (χ4n) is 3.40. The third-order valence-electron chi connectivity index (χ3n) is 5.03. The Balaban J connectivity index is 1.41. The van der Waals surface area contributed by atoms with E-state index in [1.807, 2.05) is 55.5 Å². The number of benzene rings is 2. The van der Waals surface area contributed by atoms with Crippen molar-refractivity contribution >= 4 is 33.4 Å². The van der Waals surface area contributed by atoms with E-state index in [0.717, 1.165) is 47.2 Å². The monoisotopic (exact) mass is 443 g/mol. The third kappa shape index (κ3) is 5.91. The van der Waals surface area contributed by atoms with Gasteiger partial charge in [0, 0.05) is 16.9 Å². The van der Waals surface area contributed by atoms with Gasteiger partial charge in [-0.2, -0.15) is 0 Å². The number of amides is 2. The molecule has 0 saturated carbocycles. The molecule has 0 aliphatic carbocycles. The maximum atomic E-state index is 12.4. The van der Waals surface area contributed by atoms with E-state index in [4.69, 9.17) is 0 Å². The molecule has 0 aromatic heterocycles. The molecule has 0 radical (unpaired) electrons. The summed E-state index contributed by atoms with van der Waals surface area (Å²) in [4.78, 5) is 26.8. The van der Waals surface area contributed by atoms with Crippen molar-refractivity contribution in [3.63, 3.8) is 0 Å². The topological polar surface area (TPSA) is 61.4 Å². The molecule has 1 saturated heterocycles. The Morgan fingerprint density at radius 2 is 1.82 bits per heavy atom. The zero-order valence-electron chi connectivity index (χ0n) is 16.1. The van der Waals surface area contributed by atoms with Crippen molar-refractivity contribution in [1.29, 1.82) is 0 Å². The third-order valence-corrected chi connectivity index (χ3v) is 5.69. The Morgan fingerprint density at radius 3 is 2.50 bits per heavy atom. The van der Waals surface area contributed by atoms with Crippen molar-refractivity contribution in [2.24, 2.45) is 5.92 Å². The maximum absolute atomic E-state index is 12.4. The molecule has 3 rings (SSSR count). The number of halogens is 1. The summed E-state index contributed by atoms with van der Waals surface area (Å²) in [6, 6.07) is 15.8. The first-order chi connectivity index (χ1) is 13.5. The summed E-state index contributed by atoms with van der Waals surface area (Å²) in [5.41, 5.74) is 3.02. The van der Waals surface area contributed by atoms with Gasteiger partial charge in [-0.1, -0.05) is 36.4 Å². The summed E-state index contributed by atoms with van der Waals surface area (Å²) in [5.74, 6) is 0.0994. The number of carbonyl (C=O) groups excluding carboxylic acids is 2. The zero-order valence-corrected chi connectivity index (χ0v) is 17.7. The second-order valence-corrected chi connectivity index (χ2v) is 8.14. The van der Waals surface area contributed by atoms with E-state index < -0.39 is 0 Å². The largest absolute Gasteiger partial charge is 0.352 e. The summed E-state index contributed by atoms with van der Waals surface area (Å²) >= 11 is 3.48. The predicted molar refractivity (Wildman–Crippen MR) is 115 cm³/mol. The van der Waals surface area contributed by atoms with Crippen LogP contribution in [0, 0.1) is 12.8 Å². The van der Waals surface area contributed by atoms with Crippen LogP contribution in [0.2, 0.25) is 0 Å². The van der Waals surface area contributed by atoms with Crippen LogP contribution >= 0.6 is 15.9 Å². The molecule has 0 unspecified atom stereocenters. The Morgan fingerprint density at radius 1 is 1.11 bits per heavy atom. The molecular formula is C22H26BrN3O2. The van der Waals surface area contributed by atoms with Crippen LogP contribution in [-0.2, 0) is 16.1 Å². The summed E-state index contributed by atoms with van der Waals surface area (Å²) in [6.45, 7) is 4.43. The number of likely N-dealkylation sites (tertiary alicyclic amines) is 1. The van der Waals surface area contributed by atoms with E-state index in [-0.39, 0.29) is 17.7 Å². The quantitative estimate of drug-likeness (QED) is 0.714. The average molecular weight is 444 g/mol. The first-order valence-electron chi connectivity index (χ1n) is 9.61. The molecule has 1 fully saturated rings. The van der Waals surface area contributed by atoms with Gasteiger partial charge in [-0.05, 0) is 72.0 Å². The van der Waals surface area contributed by atoms with Gasteiger partial charge in [0.25, 0.3) is 0 Å². The Hall–Kier alpha value is -2.18. The van der Waals surface area contributed by atoms with Crippen LogP contribution in [0.15, 0.2) is 53.0 Å². The van der Waals surface area contributed by atoms with Gasteiger partial charge in [-0.25, -0.2) is 0 Å². The van der Waals surface area contributed by atoms with Crippen LogP contribution in [-0.4, -0.2) is 36.3 Å². The normalized spacial score (nSPS) is 15.2. The minimum Gasteiger partial charge on any atom is -0.352 e. The molecule has 2 aromatic carbocycles. The highest BCUT2D eigenvalue weighted by atomic mass is 79.9. The lowest BCUT2D eigenvalue weighted by molar-refractivity contribution is -0.126. The lowest BCUT2D eigenvalue weighted by atomic mass is 9.96. The van der Waals surface area contributed by atoms with Crippen LogP contribution in [0.4, 0.5) is 5.69 Å². The summed E-state index contributed by atoms with van der Waals surface area (Å²) in [6.07, 6.45) is 1.56. The highest BCUT2D eigenvalue weighted by Gasteiger charge is 2.25. The molecular weight excluding hydrogens is 418 g/mol. The van der Waals surface area contributed by atoms with Crippen molar-refractivity contribution in [2.45, 2.75) is 26.3 Å². The van der Waals surface area contributed by atoms with Gasteiger partial charge in [0.2, 0.25) is 11.8 Å². The van der Waals surface area contributed by atoms with Crippen LogP contribution in [0.5, 0.6) is 0 Å². The second kappa shape index (κ2) is 9.85. The highest BCUT2D eigenvalue weighted by molar-refractivity contribution is 9.10. The summed E-state index contributed by atoms with van der Waals surface area (Å²) in [5, 5.41) is 5.98. The molecule has 6 heteroatoms. The summed E-state index contributed by atoms with van der Waals surface area (Å²) in [7, 11) is 0. The number of nitrogens with zero attached hydrogens (tertiary/aromatic N) is 1. The van der Waals surface area contributed by atoms with Gasteiger partial charge in [-0.15, -0.1) is 0 Å². The van der Waals surface area contributed by atoms with E-state index in [2.05, 4.69) is 31.5 Å². The predicted octanol–water partition coefficient (Wildman–Crippen LogP) is 3.72. The fourth-order valence-corrected chi connectivity index (χ4v) is 3.99. The molecule has 1 aliphatic heterocycles. The molecule has 28 heavy (non-hydrogen) atoms. The van der Waals surface area contributed by atoms with E-state index in [9.17, 15) is 9.59 Å². The van der Waals surface area contributed by atoms with E-state index in [0.29, 0.717) is 13.1 Å². The van der Waals surface area contributed by atoms with Crippen molar-refractivity contribution < 1.29 is 9.59 Å². The Kier molecular flexibility index (Phi) is 7.23. The van der Waals surface area contributed by atoms with Crippen LogP contribution in [0.25, 0.3) is 0 Å². The lowest BCUT2D eigenvalue weighted by Gasteiger charge is -2.30. The number of carbonyl (C=O) groups is 2. The smallest absolute Gasteiger partial charge is 0.238 e. The maximum Gasteiger partial charge on any atom is 0.238 e. The molecule has 5 nitrogen and oxygen atoms in total. The number of anilines is 1. The van der Waals surface area contributed by atoms with Crippen LogP contribution in [0.3, 0.4) is 0 Å². The van der Waals surface area contributed by atoms with Crippen molar-refractivity contribution in [3.8, 4) is 0 Å². The van der Waals surface area contributed by atoms with Gasteiger partial charge < -0.3 is 10.6 Å². The molecule has 1 heterocycles. The average Bonchev–Trinajstić information content (AvgIpc) is 2.69. The number of hydrogen-bond acceptors (Lipinski definition) is 3. The van der Waals surface area contributed by atoms with Gasteiger partial charge in [0.15, 0.2) is 0 Å². The number of hydrogen-bond donors (Lipinski definition) is 2. The molecule has 1 aliphatic rings. The van der Waals surface area contributed by atoms with Gasteiger partial charge >= 0.3 is 0 Å². The highest BCUT2D eigenvalue weighted by Crippen LogP contribution is 2.23. The zero-order chi connectivity index (χ0) is 19.9. The molecule has 0 bridgehead atoms. The number of rotatable bonds is 6. The Labute approximate surface area is 174 Å². The molecule has 0 spiro atoms. The van der Waals surface area contributed by atoms with E-state index >= 15 is 0 Å². The SMILES string of the molecule is Cc1ccc(NC(=O)CN2CCC(C(=O)NCc3ccccc3)CC2)c(Br)c1. The van der Waals surface area contributed by atoms with Gasteiger partial charge in [0.05, 0.1) is 12.2 Å². The number of piperidine rings is 1. The van der Waals surface area contributed by atoms with E-state index in [1.165, 1.54) is 0 Å². The minimum atomic E-state index is -0.0310. The fraction of sp³-hybridized carbons (Fsp3) is 0.364. The van der Waals surface area contributed by atoms with Crippen LogP contribution < -0.4 is 10.6 Å². The standard InChI is InChI=1S/C22H26BrN3O2/c1-16-7-8-20(19(23)13-16)25-21(27)15-26-11-9-18(10-12-26)22(28)24-14-17-5-3-2-4-6-17/h2-8,13,18H,9-12,14-15H2,1H3,(H,24,28)(H,25,27). The molecule has 2 amide bonds. The van der Waals surface area contributed by atoms with Crippen molar-refractivity contribution in [3.05, 3.63) is 64.1 Å². The first-order valence-corrected chi connectivity index (χ1v) is 10.4.